The van der Waals surface area contributed by atoms with Gasteiger partial charge in [0.2, 0.25) is 0 Å². The van der Waals surface area contributed by atoms with Crippen LogP contribution in [0, 0.1) is 5.41 Å². The summed E-state index contributed by atoms with van der Waals surface area (Å²) < 4.78 is 15.6. The molecule has 0 heterocycles. The van der Waals surface area contributed by atoms with Crippen molar-refractivity contribution in [2.24, 2.45) is 0 Å². The summed E-state index contributed by atoms with van der Waals surface area (Å²) in [6.45, 7) is 0. The van der Waals surface area contributed by atoms with Crippen molar-refractivity contribution in [3.8, 4) is 17.2 Å². The molecule has 0 saturated heterocycles. The van der Waals surface area contributed by atoms with Crippen LogP contribution in [0.5, 0.6) is 17.2 Å². The molecule has 0 fully saturated rings. The van der Waals surface area contributed by atoms with E-state index in [2.05, 4.69) is 0 Å². The van der Waals surface area contributed by atoms with E-state index in [1.807, 2.05) is 6.26 Å². The molecule has 0 unspecified atom stereocenters. The first-order valence-electron chi connectivity index (χ1n) is 4.60. The van der Waals surface area contributed by atoms with Gasteiger partial charge in [-0.25, -0.2) is 0 Å². The number of nitrogens with one attached hydrogen (secondary N) is 1. The molecule has 0 radical (unpaired) electrons. The van der Waals surface area contributed by atoms with Crippen molar-refractivity contribution < 1.29 is 14.2 Å². The SMILES string of the molecule is COc1cc(OC)c(C(=N)SC)c(OC)c1. The molecule has 0 saturated carbocycles. The van der Waals surface area contributed by atoms with Crippen LogP contribution >= 0.6 is 11.8 Å². The van der Waals surface area contributed by atoms with Crippen LogP contribution in [0.3, 0.4) is 0 Å². The lowest BCUT2D eigenvalue weighted by Gasteiger charge is -2.14. The predicted octanol–water partition coefficient (Wildman–Crippen LogP) is 2.40. The van der Waals surface area contributed by atoms with Gasteiger partial charge < -0.3 is 14.2 Å². The second-order valence-electron chi connectivity index (χ2n) is 2.94. The average Bonchev–Trinajstić information content (AvgIpc) is 2.35. The Hall–Kier alpha value is -1.36. The lowest BCUT2D eigenvalue weighted by atomic mass is 10.1. The standard InChI is InChI=1S/C11H15NO3S/c1-13-7-5-8(14-2)10(11(12)16-4)9(6-7)15-3/h5-6,12H,1-4H3. The summed E-state index contributed by atoms with van der Waals surface area (Å²) in [6.07, 6.45) is 1.84. The summed E-state index contributed by atoms with van der Waals surface area (Å²) in [6, 6.07) is 3.48. The van der Waals surface area contributed by atoms with Crippen LogP contribution in [-0.4, -0.2) is 32.6 Å². The Morgan fingerprint density at radius 2 is 1.56 bits per heavy atom. The van der Waals surface area contributed by atoms with E-state index in [9.17, 15) is 0 Å². The molecule has 1 rings (SSSR count). The summed E-state index contributed by atoms with van der Waals surface area (Å²) >= 11 is 1.33. The number of hydrogen-bond acceptors (Lipinski definition) is 5. The molecular weight excluding hydrogens is 226 g/mol. The van der Waals surface area contributed by atoms with Crippen molar-refractivity contribution in [1.29, 1.82) is 5.41 Å². The van der Waals surface area contributed by atoms with Crippen LogP contribution in [0.15, 0.2) is 12.1 Å². The second kappa shape index (κ2) is 5.65. The third kappa shape index (κ3) is 2.41. The molecule has 4 nitrogen and oxygen atoms in total. The largest absolute Gasteiger partial charge is 0.496 e. The van der Waals surface area contributed by atoms with E-state index in [1.165, 1.54) is 11.8 Å². The summed E-state index contributed by atoms with van der Waals surface area (Å²) in [5.74, 6) is 1.80. The van der Waals surface area contributed by atoms with Crippen LogP contribution in [0.25, 0.3) is 0 Å². The van der Waals surface area contributed by atoms with E-state index in [1.54, 1.807) is 33.5 Å². The molecule has 88 valence electrons. The second-order valence-corrected chi connectivity index (χ2v) is 3.76. The van der Waals surface area contributed by atoms with Crippen LogP contribution in [0.4, 0.5) is 0 Å². The molecule has 1 aromatic rings. The zero-order chi connectivity index (χ0) is 12.1. The minimum Gasteiger partial charge on any atom is -0.496 e. The van der Waals surface area contributed by atoms with Gasteiger partial charge in [0.1, 0.15) is 22.3 Å². The van der Waals surface area contributed by atoms with Crippen molar-refractivity contribution in [3.05, 3.63) is 17.7 Å². The Balaban J connectivity index is 3.37. The number of rotatable bonds is 4. The van der Waals surface area contributed by atoms with Crippen molar-refractivity contribution in [3.63, 3.8) is 0 Å². The molecule has 0 bridgehead atoms. The van der Waals surface area contributed by atoms with Crippen molar-refractivity contribution in [2.45, 2.75) is 0 Å². The van der Waals surface area contributed by atoms with E-state index in [0.717, 1.165) is 0 Å². The summed E-state index contributed by atoms with van der Waals surface area (Å²) in [5, 5.41) is 8.26. The van der Waals surface area contributed by atoms with Crippen molar-refractivity contribution in [1.82, 2.24) is 0 Å². The Kier molecular flexibility index (Phi) is 4.49. The van der Waals surface area contributed by atoms with Gasteiger partial charge in [0.25, 0.3) is 0 Å². The third-order valence-electron chi connectivity index (χ3n) is 2.15. The molecule has 0 aromatic heterocycles. The highest BCUT2D eigenvalue weighted by atomic mass is 32.2. The number of benzene rings is 1. The summed E-state index contributed by atoms with van der Waals surface area (Å²) in [5.41, 5.74) is 0.651. The molecule has 0 aliphatic rings. The lowest BCUT2D eigenvalue weighted by molar-refractivity contribution is 0.374. The first-order valence-corrected chi connectivity index (χ1v) is 5.83. The van der Waals surface area contributed by atoms with Gasteiger partial charge in [-0.3, -0.25) is 5.41 Å². The first-order chi connectivity index (χ1) is 7.67. The maximum Gasteiger partial charge on any atom is 0.136 e. The van der Waals surface area contributed by atoms with Crippen LogP contribution in [-0.2, 0) is 0 Å². The number of thioether (sulfide) groups is 1. The fourth-order valence-corrected chi connectivity index (χ4v) is 1.74. The quantitative estimate of drug-likeness (QED) is 0.649. The molecule has 0 aliphatic carbocycles. The predicted molar refractivity (Wildman–Crippen MR) is 66.4 cm³/mol. The highest BCUT2D eigenvalue weighted by Gasteiger charge is 2.16. The van der Waals surface area contributed by atoms with E-state index >= 15 is 0 Å². The minimum absolute atomic E-state index is 0.399. The Labute approximate surface area is 99.4 Å². The molecule has 0 aliphatic heterocycles. The number of ether oxygens (including phenoxy) is 3. The third-order valence-corrected chi connectivity index (χ3v) is 2.76. The molecule has 1 aromatic carbocycles. The van der Waals surface area contributed by atoms with E-state index in [4.69, 9.17) is 19.6 Å². The zero-order valence-electron chi connectivity index (χ0n) is 9.79. The maximum absolute atomic E-state index is 7.86. The normalized spacial score (nSPS) is 9.75. The fraction of sp³-hybridized carbons (Fsp3) is 0.364. The van der Waals surface area contributed by atoms with E-state index < -0.39 is 0 Å². The average molecular weight is 241 g/mol. The van der Waals surface area contributed by atoms with Crippen molar-refractivity contribution in [2.75, 3.05) is 27.6 Å². The topological polar surface area (TPSA) is 51.5 Å². The molecular formula is C11H15NO3S. The first kappa shape index (κ1) is 12.7. The van der Waals surface area contributed by atoms with E-state index in [0.29, 0.717) is 27.9 Å². The highest BCUT2D eigenvalue weighted by molar-refractivity contribution is 8.13. The minimum atomic E-state index is 0.399. The van der Waals surface area contributed by atoms with E-state index in [-0.39, 0.29) is 0 Å². The van der Waals surface area contributed by atoms with Crippen LogP contribution < -0.4 is 14.2 Å². The van der Waals surface area contributed by atoms with Gasteiger partial charge in [0, 0.05) is 12.1 Å². The summed E-state index contributed by atoms with van der Waals surface area (Å²) in [4.78, 5) is 0. The van der Waals surface area contributed by atoms with Gasteiger partial charge in [-0.05, 0) is 6.26 Å². The number of methoxy groups -OCH3 is 3. The number of hydrogen-bond donors (Lipinski definition) is 1. The van der Waals surface area contributed by atoms with Gasteiger partial charge in [-0.2, -0.15) is 0 Å². The lowest BCUT2D eigenvalue weighted by Crippen LogP contribution is -2.02. The zero-order valence-corrected chi connectivity index (χ0v) is 10.6. The molecule has 0 atom stereocenters. The highest BCUT2D eigenvalue weighted by Crippen LogP contribution is 2.35. The van der Waals surface area contributed by atoms with Crippen LogP contribution in [0.2, 0.25) is 0 Å². The summed E-state index contributed by atoms with van der Waals surface area (Å²) in [7, 11) is 4.70. The Bertz CT molecular complexity index is 368. The Morgan fingerprint density at radius 3 is 1.88 bits per heavy atom. The van der Waals surface area contributed by atoms with Crippen LogP contribution in [0.1, 0.15) is 5.56 Å². The van der Waals surface area contributed by atoms with Gasteiger partial charge in [-0.15, -0.1) is 11.8 Å². The monoisotopic (exact) mass is 241 g/mol. The van der Waals surface area contributed by atoms with Gasteiger partial charge in [-0.1, -0.05) is 0 Å². The molecule has 16 heavy (non-hydrogen) atoms. The maximum atomic E-state index is 7.86. The molecule has 0 spiro atoms. The van der Waals surface area contributed by atoms with Crippen molar-refractivity contribution >= 4 is 16.8 Å². The molecule has 0 amide bonds. The smallest absolute Gasteiger partial charge is 0.136 e. The van der Waals surface area contributed by atoms with Gasteiger partial charge in [0.05, 0.1) is 26.9 Å². The fourth-order valence-electron chi connectivity index (χ4n) is 1.33. The molecule has 1 N–H and O–H groups in total. The Morgan fingerprint density at radius 1 is 1.06 bits per heavy atom. The molecule has 5 heteroatoms. The van der Waals surface area contributed by atoms with Gasteiger partial charge >= 0.3 is 0 Å². The van der Waals surface area contributed by atoms with Gasteiger partial charge in [0.15, 0.2) is 0 Å².